The Bertz CT molecular complexity index is 1030. The van der Waals surface area contributed by atoms with Crippen LogP contribution in [0.4, 0.5) is 5.13 Å². The predicted molar refractivity (Wildman–Crippen MR) is 116 cm³/mol. The van der Waals surface area contributed by atoms with Crippen molar-refractivity contribution in [2.75, 3.05) is 32.0 Å². The summed E-state index contributed by atoms with van der Waals surface area (Å²) in [5.74, 6) is 0.337. The number of nitrogens with zero attached hydrogens (tertiary/aromatic N) is 3. The third-order valence-electron chi connectivity index (χ3n) is 5.30. The molecule has 3 aromatic rings. The van der Waals surface area contributed by atoms with Gasteiger partial charge in [0.1, 0.15) is 5.76 Å². The summed E-state index contributed by atoms with van der Waals surface area (Å²) in [5, 5.41) is 5.07. The lowest BCUT2D eigenvalue weighted by Gasteiger charge is -2.40. The van der Waals surface area contributed by atoms with Gasteiger partial charge in [0.05, 0.1) is 30.0 Å². The first-order valence-corrected chi connectivity index (χ1v) is 10.7. The molecule has 1 N–H and O–H groups in total. The molecule has 30 heavy (non-hydrogen) atoms. The summed E-state index contributed by atoms with van der Waals surface area (Å²) >= 11 is 1.31. The third-order valence-corrected chi connectivity index (χ3v) is 6.10. The minimum Gasteiger partial charge on any atom is -0.469 e. The number of aryl methyl sites for hydroxylation is 1. The van der Waals surface area contributed by atoms with Crippen molar-refractivity contribution < 1.29 is 14.0 Å². The second-order valence-corrected chi connectivity index (χ2v) is 8.30. The summed E-state index contributed by atoms with van der Waals surface area (Å²) in [6.45, 7) is 4.07. The maximum absolute atomic E-state index is 13.1. The van der Waals surface area contributed by atoms with Gasteiger partial charge in [0.2, 0.25) is 5.91 Å². The maximum Gasteiger partial charge on any atom is 0.260 e. The number of amides is 2. The van der Waals surface area contributed by atoms with Crippen LogP contribution in [0, 0.1) is 6.92 Å². The highest BCUT2D eigenvalue weighted by molar-refractivity contribution is 7.14. The van der Waals surface area contributed by atoms with Crippen molar-refractivity contribution in [3.63, 3.8) is 0 Å². The average Bonchev–Trinajstić information content (AvgIpc) is 3.37. The van der Waals surface area contributed by atoms with Crippen molar-refractivity contribution in [3.8, 4) is 0 Å². The van der Waals surface area contributed by atoms with E-state index < -0.39 is 0 Å². The molecule has 0 bridgehead atoms. The van der Waals surface area contributed by atoms with E-state index in [-0.39, 0.29) is 24.3 Å². The Hall–Kier alpha value is -2.97. The van der Waals surface area contributed by atoms with Gasteiger partial charge in [-0.3, -0.25) is 14.9 Å². The molecule has 2 aromatic heterocycles. The van der Waals surface area contributed by atoms with Crippen molar-refractivity contribution in [1.82, 2.24) is 14.8 Å². The highest BCUT2D eigenvalue weighted by atomic mass is 32.1. The van der Waals surface area contributed by atoms with Gasteiger partial charge in [0.25, 0.3) is 5.91 Å². The fraction of sp³-hybridized carbons (Fsp3) is 0.318. The SMILES string of the molecule is Cc1occc1C(=O)Nc1nc(CC(=O)N2CCN(C)CC2c2ccccc2)cs1. The van der Waals surface area contributed by atoms with Crippen LogP contribution in [0.1, 0.15) is 33.4 Å². The van der Waals surface area contributed by atoms with E-state index in [1.54, 1.807) is 13.0 Å². The van der Waals surface area contributed by atoms with Gasteiger partial charge >= 0.3 is 0 Å². The molecule has 0 radical (unpaired) electrons. The lowest BCUT2D eigenvalue weighted by molar-refractivity contribution is -0.135. The number of hydrogen-bond donors (Lipinski definition) is 1. The van der Waals surface area contributed by atoms with Gasteiger partial charge in [-0.15, -0.1) is 11.3 Å². The van der Waals surface area contributed by atoms with Crippen LogP contribution < -0.4 is 5.32 Å². The lowest BCUT2D eigenvalue weighted by Crippen LogP contribution is -2.49. The van der Waals surface area contributed by atoms with Gasteiger partial charge in [-0.1, -0.05) is 30.3 Å². The van der Waals surface area contributed by atoms with Crippen molar-refractivity contribution in [1.29, 1.82) is 0 Å². The number of furan rings is 1. The summed E-state index contributed by atoms with van der Waals surface area (Å²) in [5.41, 5.74) is 2.28. The Labute approximate surface area is 179 Å². The van der Waals surface area contributed by atoms with Gasteiger partial charge in [0.15, 0.2) is 5.13 Å². The molecule has 1 fully saturated rings. The highest BCUT2D eigenvalue weighted by Gasteiger charge is 2.30. The fourth-order valence-corrected chi connectivity index (χ4v) is 4.37. The fourth-order valence-electron chi connectivity index (χ4n) is 3.67. The Kier molecular flexibility index (Phi) is 5.96. The summed E-state index contributed by atoms with van der Waals surface area (Å²) in [4.78, 5) is 34.0. The topological polar surface area (TPSA) is 78.7 Å². The van der Waals surface area contributed by atoms with Gasteiger partial charge in [0, 0.05) is 25.0 Å². The Morgan fingerprint density at radius 3 is 2.77 bits per heavy atom. The summed E-state index contributed by atoms with van der Waals surface area (Å²) in [6.07, 6.45) is 1.69. The summed E-state index contributed by atoms with van der Waals surface area (Å²) < 4.78 is 5.17. The van der Waals surface area contributed by atoms with E-state index in [0.29, 0.717) is 28.7 Å². The molecule has 156 valence electrons. The van der Waals surface area contributed by atoms with E-state index in [2.05, 4.69) is 34.4 Å². The van der Waals surface area contributed by atoms with Gasteiger partial charge < -0.3 is 14.2 Å². The Morgan fingerprint density at radius 2 is 2.03 bits per heavy atom. The van der Waals surface area contributed by atoms with Crippen molar-refractivity contribution in [3.05, 3.63) is 70.6 Å². The number of carbonyl (C=O) groups excluding carboxylic acids is 2. The Morgan fingerprint density at radius 1 is 1.23 bits per heavy atom. The number of hydrogen-bond acceptors (Lipinski definition) is 6. The van der Waals surface area contributed by atoms with Crippen LogP contribution >= 0.6 is 11.3 Å². The van der Waals surface area contributed by atoms with Crippen LogP contribution in [0.25, 0.3) is 0 Å². The monoisotopic (exact) mass is 424 g/mol. The molecule has 3 heterocycles. The van der Waals surface area contributed by atoms with Crippen LogP contribution in [0.3, 0.4) is 0 Å². The van der Waals surface area contributed by atoms with Gasteiger partial charge in [-0.25, -0.2) is 4.98 Å². The quantitative estimate of drug-likeness (QED) is 0.680. The molecule has 1 atom stereocenters. The number of nitrogens with one attached hydrogen (secondary N) is 1. The second-order valence-electron chi connectivity index (χ2n) is 7.44. The molecule has 0 saturated carbocycles. The number of piperazine rings is 1. The van der Waals surface area contributed by atoms with Crippen LogP contribution in [0.2, 0.25) is 0 Å². The van der Waals surface area contributed by atoms with E-state index >= 15 is 0 Å². The molecular weight excluding hydrogens is 400 g/mol. The second kappa shape index (κ2) is 8.81. The van der Waals surface area contributed by atoms with E-state index in [9.17, 15) is 9.59 Å². The number of thiazole rings is 1. The maximum atomic E-state index is 13.1. The molecule has 4 rings (SSSR count). The van der Waals surface area contributed by atoms with Crippen molar-refractivity contribution in [2.24, 2.45) is 0 Å². The van der Waals surface area contributed by atoms with Gasteiger partial charge in [-0.2, -0.15) is 0 Å². The summed E-state index contributed by atoms with van der Waals surface area (Å²) in [7, 11) is 2.08. The minimum atomic E-state index is -0.267. The standard InChI is InChI=1S/C22H24N4O3S/c1-15-18(8-11-29-15)21(28)24-22-23-17(14-30-22)12-20(27)26-10-9-25(2)13-19(26)16-6-4-3-5-7-16/h3-8,11,14,19H,9-10,12-13H2,1-2H3,(H,23,24,28). The van der Waals surface area contributed by atoms with Crippen LogP contribution in [-0.2, 0) is 11.2 Å². The zero-order valence-corrected chi connectivity index (χ0v) is 17.8. The molecule has 1 aliphatic rings. The van der Waals surface area contributed by atoms with Crippen molar-refractivity contribution >= 4 is 28.3 Å². The third kappa shape index (κ3) is 4.44. The van der Waals surface area contributed by atoms with E-state index in [1.165, 1.54) is 17.6 Å². The average molecular weight is 425 g/mol. The van der Waals surface area contributed by atoms with E-state index in [0.717, 1.165) is 18.7 Å². The summed E-state index contributed by atoms with van der Waals surface area (Å²) in [6, 6.07) is 11.8. The molecule has 8 heteroatoms. The lowest BCUT2D eigenvalue weighted by atomic mass is 10.0. The van der Waals surface area contributed by atoms with Crippen LogP contribution in [0.5, 0.6) is 0 Å². The molecular formula is C22H24N4O3S. The highest BCUT2D eigenvalue weighted by Crippen LogP contribution is 2.26. The van der Waals surface area contributed by atoms with Crippen molar-refractivity contribution in [2.45, 2.75) is 19.4 Å². The van der Waals surface area contributed by atoms with E-state index in [4.69, 9.17) is 4.42 Å². The number of anilines is 1. The van der Waals surface area contributed by atoms with E-state index in [1.807, 2.05) is 28.5 Å². The molecule has 0 spiro atoms. The normalized spacial score (nSPS) is 17.1. The van der Waals surface area contributed by atoms with Crippen LogP contribution in [0.15, 0.2) is 52.5 Å². The number of benzene rings is 1. The number of carbonyl (C=O) groups is 2. The minimum absolute atomic E-state index is 0.0272. The molecule has 1 unspecified atom stereocenters. The number of likely N-dealkylation sites (N-methyl/N-ethyl adjacent to an activating group) is 1. The zero-order valence-electron chi connectivity index (χ0n) is 17.0. The molecule has 0 aliphatic carbocycles. The predicted octanol–water partition coefficient (Wildman–Crippen LogP) is 3.35. The zero-order chi connectivity index (χ0) is 21.1. The first-order valence-electron chi connectivity index (χ1n) is 9.84. The number of rotatable bonds is 5. The number of aromatic nitrogens is 1. The first-order chi connectivity index (χ1) is 14.5. The molecule has 7 nitrogen and oxygen atoms in total. The largest absolute Gasteiger partial charge is 0.469 e. The molecule has 1 aliphatic heterocycles. The first kappa shape index (κ1) is 20.3. The van der Waals surface area contributed by atoms with Crippen LogP contribution in [-0.4, -0.2) is 53.3 Å². The van der Waals surface area contributed by atoms with Gasteiger partial charge in [-0.05, 0) is 25.6 Å². The Balaban J connectivity index is 1.43. The molecule has 1 saturated heterocycles. The molecule has 1 aromatic carbocycles. The smallest absolute Gasteiger partial charge is 0.260 e. The molecule has 2 amide bonds.